The van der Waals surface area contributed by atoms with E-state index in [4.69, 9.17) is 4.74 Å². The summed E-state index contributed by atoms with van der Waals surface area (Å²) < 4.78 is 71.2. The number of alkyl halides is 3. The van der Waals surface area contributed by atoms with Crippen molar-refractivity contribution in [2.75, 3.05) is 40.7 Å². The van der Waals surface area contributed by atoms with Gasteiger partial charge in [0, 0.05) is 36.7 Å². The molecule has 0 spiro atoms. The second-order valence-corrected chi connectivity index (χ2v) is 10.3. The fraction of sp³-hybridized carbons (Fsp3) is 0.261. The molecule has 0 fully saturated rings. The summed E-state index contributed by atoms with van der Waals surface area (Å²) in [7, 11) is -0.796. The summed E-state index contributed by atoms with van der Waals surface area (Å²) in [5.74, 6) is -0.371. The first-order valence-corrected chi connectivity index (χ1v) is 12.7. The highest BCUT2D eigenvalue weighted by molar-refractivity contribution is 7.92. The van der Waals surface area contributed by atoms with E-state index in [2.05, 4.69) is 25.9 Å². The first kappa shape index (κ1) is 26.0. The average molecular weight is 537 g/mol. The normalized spacial score (nSPS) is 13.1. The maximum absolute atomic E-state index is 13.7. The summed E-state index contributed by atoms with van der Waals surface area (Å²) in [5, 5.41) is 8.24. The van der Waals surface area contributed by atoms with Gasteiger partial charge in [0.15, 0.2) is 0 Å². The molecule has 0 saturated carbocycles. The second kappa shape index (κ2) is 9.76. The minimum Gasteiger partial charge on any atom is -0.496 e. The zero-order valence-corrected chi connectivity index (χ0v) is 20.8. The monoisotopic (exact) mass is 536 g/mol. The number of methoxy groups -OCH3 is 1. The highest BCUT2D eigenvalue weighted by Gasteiger charge is 2.35. The fourth-order valence-corrected chi connectivity index (χ4v) is 4.19. The molecule has 0 atom stereocenters. The zero-order valence-electron chi connectivity index (χ0n) is 20.0. The van der Waals surface area contributed by atoms with E-state index >= 15 is 0 Å². The van der Waals surface area contributed by atoms with Crippen molar-refractivity contribution < 1.29 is 31.1 Å². The lowest BCUT2D eigenvalue weighted by molar-refractivity contribution is -0.137. The smallest absolute Gasteiger partial charge is 0.421 e. The van der Waals surface area contributed by atoms with Crippen LogP contribution in [0, 0.1) is 0 Å². The number of aromatic nitrogens is 2. The Morgan fingerprint density at radius 2 is 1.95 bits per heavy atom. The largest absolute Gasteiger partial charge is 0.496 e. The number of sulfonamides is 1. The SMILES string of the molecule is COc1ccc(N(C)S(C)(=O)=O)cc1CNc1nc(Nc2ccc3c(c2)CC(=O)N3)ncc1C(F)(F)F. The van der Waals surface area contributed by atoms with Crippen molar-refractivity contribution in [2.24, 2.45) is 0 Å². The Kier molecular flexibility index (Phi) is 6.86. The molecule has 1 amide bonds. The van der Waals surface area contributed by atoms with Gasteiger partial charge in [0.2, 0.25) is 21.9 Å². The Morgan fingerprint density at radius 3 is 2.62 bits per heavy atom. The Balaban J connectivity index is 1.62. The highest BCUT2D eigenvalue weighted by atomic mass is 32.2. The lowest BCUT2D eigenvalue weighted by Crippen LogP contribution is -2.25. The molecule has 3 aromatic rings. The minimum atomic E-state index is -4.73. The highest BCUT2D eigenvalue weighted by Crippen LogP contribution is 2.35. The van der Waals surface area contributed by atoms with Crippen LogP contribution < -0.4 is 25.0 Å². The van der Waals surface area contributed by atoms with Crippen molar-refractivity contribution in [3.63, 3.8) is 0 Å². The maximum atomic E-state index is 13.7. The van der Waals surface area contributed by atoms with E-state index in [-0.39, 0.29) is 24.8 Å². The van der Waals surface area contributed by atoms with Gasteiger partial charge in [-0.3, -0.25) is 9.10 Å². The molecular weight excluding hydrogens is 513 g/mol. The number of hydrogen-bond acceptors (Lipinski definition) is 8. The van der Waals surface area contributed by atoms with Crippen molar-refractivity contribution in [1.29, 1.82) is 0 Å². The molecule has 0 unspecified atom stereocenters. The molecule has 1 aliphatic rings. The maximum Gasteiger partial charge on any atom is 0.421 e. The molecule has 0 aliphatic carbocycles. The number of fused-ring (bicyclic) bond motifs is 1. The number of amides is 1. The predicted molar refractivity (Wildman–Crippen MR) is 133 cm³/mol. The van der Waals surface area contributed by atoms with Crippen molar-refractivity contribution in [2.45, 2.75) is 19.1 Å². The third-order valence-corrected chi connectivity index (χ3v) is 6.86. The molecule has 1 aromatic heterocycles. The van der Waals surface area contributed by atoms with Crippen LogP contribution in [0.15, 0.2) is 42.6 Å². The molecule has 3 N–H and O–H groups in total. The van der Waals surface area contributed by atoms with Gasteiger partial charge in [0.25, 0.3) is 0 Å². The van der Waals surface area contributed by atoms with Crippen LogP contribution in [0.1, 0.15) is 16.7 Å². The van der Waals surface area contributed by atoms with E-state index in [0.717, 1.165) is 16.1 Å². The first-order chi connectivity index (χ1) is 17.3. The van der Waals surface area contributed by atoms with Gasteiger partial charge in [-0.2, -0.15) is 18.2 Å². The van der Waals surface area contributed by atoms with Crippen molar-refractivity contribution in [3.8, 4) is 5.75 Å². The lowest BCUT2D eigenvalue weighted by Gasteiger charge is -2.20. The second-order valence-electron chi connectivity index (χ2n) is 8.26. The summed E-state index contributed by atoms with van der Waals surface area (Å²) in [6.45, 7) is -0.152. The number of nitrogens with one attached hydrogen (secondary N) is 3. The molecule has 2 aromatic carbocycles. The van der Waals surface area contributed by atoms with Gasteiger partial charge in [-0.05, 0) is 42.0 Å². The molecule has 0 bridgehead atoms. The molecule has 196 valence electrons. The molecule has 0 radical (unpaired) electrons. The standard InChI is InChI=1S/C23H23F3N6O4S/c1-32(37(3,34)35)16-5-7-19(36-2)14(9-16)11-27-21-17(23(24,25)26)12-28-22(31-21)29-15-4-6-18-13(8-15)10-20(33)30-18/h4-9,12H,10-11H2,1-3H3,(H,30,33)(H2,27,28,29,31). The van der Waals surface area contributed by atoms with E-state index in [1.54, 1.807) is 18.2 Å². The molecule has 1 aliphatic heterocycles. The van der Waals surface area contributed by atoms with Gasteiger partial charge in [0.05, 0.1) is 25.5 Å². The number of nitrogens with zero attached hydrogens (tertiary/aromatic N) is 3. The van der Waals surface area contributed by atoms with Crippen LogP contribution in [0.3, 0.4) is 0 Å². The van der Waals surface area contributed by atoms with Crippen LogP contribution in [0.4, 0.5) is 42.0 Å². The molecule has 2 heterocycles. The van der Waals surface area contributed by atoms with Gasteiger partial charge in [-0.25, -0.2) is 13.4 Å². The number of rotatable bonds is 8. The zero-order chi connectivity index (χ0) is 27.0. The van der Waals surface area contributed by atoms with E-state index in [9.17, 15) is 26.4 Å². The van der Waals surface area contributed by atoms with E-state index in [0.29, 0.717) is 34.6 Å². The Bertz CT molecular complexity index is 1460. The van der Waals surface area contributed by atoms with Gasteiger partial charge in [-0.1, -0.05) is 0 Å². The van der Waals surface area contributed by atoms with Crippen molar-refractivity contribution in [1.82, 2.24) is 9.97 Å². The Labute approximate surface area is 210 Å². The number of halogens is 3. The predicted octanol–water partition coefficient (Wildman–Crippen LogP) is 3.75. The number of benzene rings is 2. The third-order valence-electron chi connectivity index (χ3n) is 5.65. The van der Waals surface area contributed by atoms with Crippen LogP contribution in [-0.2, 0) is 34.0 Å². The summed E-state index contributed by atoms with van der Waals surface area (Å²) >= 11 is 0. The van der Waals surface area contributed by atoms with Crippen LogP contribution in [0.5, 0.6) is 5.75 Å². The molecule has 14 heteroatoms. The Hall–Kier alpha value is -4.07. The molecule has 4 rings (SSSR count). The number of hydrogen-bond donors (Lipinski definition) is 3. The summed E-state index contributed by atoms with van der Waals surface area (Å²) in [6, 6.07) is 9.57. The fourth-order valence-electron chi connectivity index (χ4n) is 3.69. The topological polar surface area (TPSA) is 126 Å². The van der Waals surface area contributed by atoms with E-state index in [1.807, 2.05) is 0 Å². The van der Waals surface area contributed by atoms with Crippen molar-refractivity contribution in [3.05, 3.63) is 59.3 Å². The number of carbonyl (C=O) groups excluding carboxylic acids is 1. The average Bonchev–Trinajstić information content (AvgIpc) is 3.20. The molecular formula is C23H23F3N6O4S. The first-order valence-electron chi connectivity index (χ1n) is 10.8. The Morgan fingerprint density at radius 1 is 1.19 bits per heavy atom. The number of anilines is 5. The van der Waals surface area contributed by atoms with Gasteiger partial charge in [0.1, 0.15) is 17.1 Å². The van der Waals surface area contributed by atoms with Crippen LogP contribution in [-0.4, -0.2) is 44.7 Å². The molecule has 10 nitrogen and oxygen atoms in total. The van der Waals surface area contributed by atoms with Gasteiger partial charge < -0.3 is 20.7 Å². The minimum absolute atomic E-state index is 0.0924. The lowest BCUT2D eigenvalue weighted by atomic mass is 10.1. The van der Waals surface area contributed by atoms with Crippen LogP contribution in [0.2, 0.25) is 0 Å². The summed E-state index contributed by atoms with van der Waals surface area (Å²) in [5.41, 5.74) is 1.55. The van der Waals surface area contributed by atoms with E-state index < -0.39 is 27.6 Å². The number of ether oxygens (including phenoxy) is 1. The van der Waals surface area contributed by atoms with E-state index in [1.165, 1.54) is 32.4 Å². The van der Waals surface area contributed by atoms with Crippen LogP contribution in [0.25, 0.3) is 0 Å². The third kappa shape index (κ3) is 5.85. The molecule has 0 saturated heterocycles. The van der Waals surface area contributed by atoms with Crippen LogP contribution >= 0.6 is 0 Å². The van der Waals surface area contributed by atoms with Gasteiger partial charge >= 0.3 is 6.18 Å². The van der Waals surface area contributed by atoms with Crippen molar-refractivity contribution >= 4 is 44.8 Å². The quantitative estimate of drug-likeness (QED) is 0.398. The van der Waals surface area contributed by atoms with Gasteiger partial charge in [-0.15, -0.1) is 0 Å². The summed E-state index contributed by atoms with van der Waals surface area (Å²) in [4.78, 5) is 19.4. The number of carbonyl (C=O) groups is 1. The molecule has 37 heavy (non-hydrogen) atoms. The summed E-state index contributed by atoms with van der Waals surface area (Å²) in [6.07, 6.45) is -2.83.